The van der Waals surface area contributed by atoms with Gasteiger partial charge in [-0.3, -0.25) is 4.90 Å². The van der Waals surface area contributed by atoms with E-state index in [9.17, 15) is 4.79 Å². The van der Waals surface area contributed by atoms with E-state index in [0.29, 0.717) is 36.3 Å². The summed E-state index contributed by atoms with van der Waals surface area (Å²) in [5.74, 6) is 0.662. The minimum absolute atomic E-state index is 0.338. The number of nitrogens with zero attached hydrogens (tertiary/aromatic N) is 2. The quantitative estimate of drug-likeness (QED) is 0.688. The van der Waals surface area contributed by atoms with Gasteiger partial charge >= 0.3 is 6.09 Å². The summed E-state index contributed by atoms with van der Waals surface area (Å²) in [6.45, 7) is 6.72. The SMILES string of the molecule is CC(C)(C)OC(=O)N1CCOc2ccc(Cl)nc2C1. The lowest BCUT2D eigenvalue weighted by atomic mass is 10.2. The molecule has 19 heavy (non-hydrogen) atoms. The Labute approximate surface area is 117 Å². The van der Waals surface area contributed by atoms with Crippen molar-refractivity contribution in [3.8, 4) is 5.75 Å². The standard InChI is InChI=1S/C13H17ClN2O3/c1-13(2,3)19-12(17)16-6-7-18-10-4-5-11(14)15-9(10)8-16/h4-5H,6-8H2,1-3H3. The van der Waals surface area contributed by atoms with E-state index in [-0.39, 0.29) is 6.09 Å². The van der Waals surface area contributed by atoms with E-state index < -0.39 is 5.60 Å². The molecule has 0 aliphatic carbocycles. The van der Waals surface area contributed by atoms with Gasteiger partial charge in [0, 0.05) is 0 Å². The molecule has 1 aromatic rings. The molecule has 0 saturated heterocycles. The normalized spacial score (nSPS) is 15.3. The molecular weight excluding hydrogens is 268 g/mol. The molecule has 0 aromatic carbocycles. The Morgan fingerprint density at radius 3 is 2.89 bits per heavy atom. The zero-order chi connectivity index (χ0) is 14.0. The summed E-state index contributed by atoms with van der Waals surface area (Å²) in [4.78, 5) is 17.8. The fourth-order valence-corrected chi connectivity index (χ4v) is 1.88. The zero-order valence-electron chi connectivity index (χ0n) is 11.3. The first-order valence-corrected chi connectivity index (χ1v) is 6.49. The summed E-state index contributed by atoms with van der Waals surface area (Å²) >= 11 is 5.86. The first-order chi connectivity index (χ1) is 8.85. The molecule has 0 fully saturated rings. The number of pyridine rings is 1. The monoisotopic (exact) mass is 284 g/mol. The van der Waals surface area contributed by atoms with Gasteiger partial charge in [0.1, 0.15) is 28.8 Å². The molecule has 0 unspecified atom stereocenters. The molecule has 104 valence electrons. The predicted octanol–water partition coefficient (Wildman–Crippen LogP) is 2.86. The third kappa shape index (κ3) is 3.73. The van der Waals surface area contributed by atoms with Crippen LogP contribution < -0.4 is 4.74 Å². The fraction of sp³-hybridized carbons (Fsp3) is 0.538. The third-order valence-electron chi connectivity index (χ3n) is 2.51. The average molecular weight is 285 g/mol. The van der Waals surface area contributed by atoms with Gasteiger partial charge in [0.25, 0.3) is 0 Å². The van der Waals surface area contributed by atoms with Crippen molar-refractivity contribution in [1.82, 2.24) is 9.88 Å². The van der Waals surface area contributed by atoms with Crippen molar-refractivity contribution in [2.45, 2.75) is 32.9 Å². The second-order valence-corrected chi connectivity index (χ2v) is 5.72. The lowest BCUT2D eigenvalue weighted by Gasteiger charge is -2.25. The summed E-state index contributed by atoms with van der Waals surface area (Å²) in [7, 11) is 0. The minimum atomic E-state index is -0.519. The van der Waals surface area contributed by atoms with Gasteiger partial charge in [-0.15, -0.1) is 0 Å². The van der Waals surface area contributed by atoms with Gasteiger partial charge in [-0.05, 0) is 32.9 Å². The van der Waals surface area contributed by atoms with Crippen LogP contribution in [0.25, 0.3) is 0 Å². The van der Waals surface area contributed by atoms with Crippen LogP contribution in [0.5, 0.6) is 5.75 Å². The van der Waals surface area contributed by atoms with Crippen LogP contribution in [0.2, 0.25) is 5.15 Å². The highest BCUT2D eigenvalue weighted by molar-refractivity contribution is 6.29. The van der Waals surface area contributed by atoms with Crippen molar-refractivity contribution < 1.29 is 14.3 Å². The van der Waals surface area contributed by atoms with Crippen LogP contribution in [0.1, 0.15) is 26.5 Å². The van der Waals surface area contributed by atoms with Crippen molar-refractivity contribution in [2.24, 2.45) is 0 Å². The minimum Gasteiger partial charge on any atom is -0.490 e. The maximum atomic E-state index is 12.0. The molecule has 2 heterocycles. The van der Waals surface area contributed by atoms with Gasteiger partial charge in [-0.25, -0.2) is 9.78 Å². The first kappa shape index (κ1) is 13.9. The third-order valence-corrected chi connectivity index (χ3v) is 2.72. The number of aromatic nitrogens is 1. The highest BCUT2D eigenvalue weighted by Gasteiger charge is 2.25. The molecule has 0 saturated carbocycles. The predicted molar refractivity (Wildman–Crippen MR) is 71.4 cm³/mol. The average Bonchev–Trinajstić information content (AvgIpc) is 2.48. The van der Waals surface area contributed by atoms with Crippen LogP contribution >= 0.6 is 11.6 Å². The molecule has 5 nitrogen and oxygen atoms in total. The van der Waals surface area contributed by atoms with E-state index in [2.05, 4.69) is 4.98 Å². The summed E-state index contributed by atoms with van der Waals surface area (Å²) in [6.07, 6.45) is -0.370. The number of carbonyl (C=O) groups is 1. The van der Waals surface area contributed by atoms with Crippen LogP contribution in [0, 0.1) is 0 Å². The number of carbonyl (C=O) groups excluding carboxylic acids is 1. The molecule has 1 aliphatic heterocycles. The van der Waals surface area contributed by atoms with E-state index >= 15 is 0 Å². The number of hydrogen-bond acceptors (Lipinski definition) is 4. The number of fused-ring (bicyclic) bond motifs is 1. The number of ether oxygens (including phenoxy) is 2. The Hall–Kier alpha value is -1.49. The Morgan fingerprint density at radius 1 is 1.47 bits per heavy atom. The zero-order valence-corrected chi connectivity index (χ0v) is 12.0. The fourth-order valence-electron chi connectivity index (χ4n) is 1.71. The van der Waals surface area contributed by atoms with Crippen molar-refractivity contribution in [3.05, 3.63) is 23.0 Å². The highest BCUT2D eigenvalue weighted by atomic mass is 35.5. The molecule has 0 bridgehead atoms. The van der Waals surface area contributed by atoms with Crippen LogP contribution in [-0.4, -0.2) is 34.7 Å². The van der Waals surface area contributed by atoms with E-state index in [1.165, 1.54) is 0 Å². The number of hydrogen-bond donors (Lipinski definition) is 0. The van der Waals surface area contributed by atoms with Crippen LogP contribution in [0.3, 0.4) is 0 Å². The summed E-state index contributed by atoms with van der Waals surface area (Å²) in [5.41, 5.74) is 0.130. The Bertz CT molecular complexity index is 485. The van der Waals surface area contributed by atoms with E-state index in [1.54, 1.807) is 17.0 Å². The van der Waals surface area contributed by atoms with Gasteiger partial charge in [0.2, 0.25) is 0 Å². The topological polar surface area (TPSA) is 51.7 Å². The molecule has 0 atom stereocenters. The second kappa shape index (κ2) is 5.25. The van der Waals surface area contributed by atoms with Gasteiger partial charge in [0.05, 0.1) is 13.1 Å². The Morgan fingerprint density at radius 2 is 2.21 bits per heavy atom. The van der Waals surface area contributed by atoms with E-state index in [4.69, 9.17) is 21.1 Å². The molecule has 2 rings (SSSR count). The maximum absolute atomic E-state index is 12.0. The van der Waals surface area contributed by atoms with Crippen molar-refractivity contribution >= 4 is 17.7 Å². The maximum Gasteiger partial charge on any atom is 0.410 e. The van der Waals surface area contributed by atoms with Crippen molar-refractivity contribution in [2.75, 3.05) is 13.2 Å². The molecule has 0 radical (unpaired) electrons. The number of amides is 1. The summed E-state index contributed by atoms with van der Waals surface area (Å²) < 4.78 is 10.9. The van der Waals surface area contributed by atoms with Gasteiger partial charge < -0.3 is 9.47 Å². The highest BCUT2D eigenvalue weighted by Crippen LogP contribution is 2.24. The van der Waals surface area contributed by atoms with Gasteiger partial charge in [0.15, 0.2) is 0 Å². The smallest absolute Gasteiger partial charge is 0.410 e. The lowest BCUT2D eigenvalue weighted by molar-refractivity contribution is 0.0224. The Balaban J connectivity index is 2.15. The molecule has 0 spiro atoms. The van der Waals surface area contributed by atoms with Crippen LogP contribution in [-0.2, 0) is 11.3 Å². The van der Waals surface area contributed by atoms with Crippen LogP contribution in [0.4, 0.5) is 4.79 Å². The van der Waals surface area contributed by atoms with Gasteiger partial charge in [-0.2, -0.15) is 0 Å². The van der Waals surface area contributed by atoms with E-state index in [0.717, 1.165) is 0 Å². The first-order valence-electron chi connectivity index (χ1n) is 6.11. The number of halogens is 1. The Kier molecular flexibility index (Phi) is 3.85. The van der Waals surface area contributed by atoms with Crippen LogP contribution in [0.15, 0.2) is 12.1 Å². The molecule has 1 aliphatic rings. The second-order valence-electron chi connectivity index (χ2n) is 5.33. The largest absolute Gasteiger partial charge is 0.490 e. The van der Waals surface area contributed by atoms with Gasteiger partial charge in [-0.1, -0.05) is 11.6 Å². The molecule has 1 amide bonds. The van der Waals surface area contributed by atoms with Crippen molar-refractivity contribution in [3.63, 3.8) is 0 Å². The number of rotatable bonds is 0. The molecule has 1 aromatic heterocycles. The van der Waals surface area contributed by atoms with Crippen molar-refractivity contribution in [1.29, 1.82) is 0 Å². The lowest BCUT2D eigenvalue weighted by Crippen LogP contribution is -2.37. The molecular formula is C13H17ClN2O3. The summed E-state index contributed by atoms with van der Waals surface area (Å²) in [5, 5.41) is 0.383. The molecule has 0 N–H and O–H groups in total. The summed E-state index contributed by atoms with van der Waals surface area (Å²) in [6, 6.07) is 3.44. The molecule has 6 heteroatoms. The van der Waals surface area contributed by atoms with E-state index in [1.807, 2.05) is 20.8 Å².